The van der Waals surface area contributed by atoms with Crippen molar-refractivity contribution in [1.29, 1.82) is 0 Å². The number of aliphatic hydroxyl groups is 1. The SMILES string of the molecule is Cc1ccccc1-c1ccc2c(c1)O[C@@H](CN(C)C)[C@@H](C)CN([C@@H](C)CO)S2(=O)=O. The highest BCUT2D eigenvalue weighted by Crippen LogP contribution is 2.37. The summed E-state index contributed by atoms with van der Waals surface area (Å²) in [6.07, 6.45) is -0.185. The van der Waals surface area contributed by atoms with Crippen LogP contribution >= 0.6 is 0 Å². The summed E-state index contributed by atoms with van der Waals surface area (Å²) in [5.41, 5.74) is 3.07. The van der Waals surface area contributed by atoms with Gasteiger partial charge in [0, 0.05) is 25.0 Å². The number of hydrogen-bond donors (Lipinski definition) is 1. The second-order valence-electron chi connectivity index (χ2n) is 8.48. The van der Waals surface area contributed by atoms with Gasteiger partial charge < -0.3 is 14.7 Å². The van der Waals surface area contributed by atoms with E-state index in [1.165, 1.54) is 4.31 Å². The summed E-state index contributed by atoms with van der Waals surface area (Å²) in [4.78, 5) is 2.19. The first-order valence-electron chi connectivity index (χ1n) is 10.3. The number of sulfonamides is 1. The molecule has 0 unspecified atom stereocenters. The lowest BCUT2D eigenvalue weighted by Crippen LogP contribution is -2.49. The molecule has 0 saturated carbocycles. The minimum atomic E-state index is -3.81. The fourth-order valence-corrected chi connectivity index (χ4v) is 5.69. The van der Waals surface area contributed by atoms with Crippen molar-refractivity contribution in [2.45, 2.75) is 37.8 Å². The molecule has 30 heavy (non-hydrogen) atoms. The molecule has 3 rings (SSSR count). The molecular weight excluding hydrogens is 400 g/mol. The van der Waals surface area contributed by atoms with E-state index in [9.17, 15) is 13.5 Å². The van der Waals surface area contributed by atoms with Gasteiger partial charge in [-0.2, -0.15) is 4.31 Å². The van der Waals surface area contributed by atoms with Gasteiger partial charge in [0.1, 0.15) is 16.7 Å². The zero-order valence-electron chi connectivity index (χ0n) is 18.4. The summed E-state index contributed by atoms with van der Waals surface area (Å²) in [5, 5.41) is 9.70. The van der Waals surface area contributed by atoms with Crippen LogP contribution in [-0.4, -0.2) is 68.7 Å². The molecule has 164 valence electrons. The first-order chi connectivity index (χ1) is 14.1. The van der Waals surface area contributed by atoms with Crippen LogP contribution in [0.15, 0.2) is 47.4 Å². The Morgan fingerprint density at radius 2 is 1.93 bits per heavy atom. The van der Waals surface area contributed by atoms with Crippen molar-refractivity contribution < 1.29 is 18.3 Å². The molecule has 6 nitrogen and oxygen atoms in total. The minimum Gasteiger partial charge on any atom is -0.487 e. The molecule has 0 amide bonds. The van der Waals surface area contributed by atoms with Crippen molar-refractivity contribution in [3.05, 3.63) is 48.0 Å². The number of benzene rings is 2. The Hall–Kier alpha value is -1.93. The quantitative estimate of drug-likeness (QED) is 0.787. The number of rotatable bonds is 5. The number of nitrogens with zero attached hydrogens (tertiary/aromatic N) is 2. The van der Waals surface area contributed by atoms with E-state index in [4.69, 9.17) is 4.74 Å². The molecule has 2 aromatic rings. The van der Waals surface area contributed by atoms with Crippen LogP contribution in [0.3, 0.4) is 0 Å². The minimum absolute atomic E-state index is 0.0496. The van der Waals surface area contributed by atoms with Gasteiger partial charge in [0.25, 0.3) is 0 Å². The first kappa shape index (κ1) is 22.7. The Kier molecular flexibility index (Phi) is 6.87. The maximum atomic E-state index is 13.5. The molecule has 3 atom stereocenters. The topological polar surface area (TPSA) is 70.1 Å². The van der Waals surface area contributed by atoms with E-state index < -0.39 is 16.1 Å². The van der Waals surface area contributed by atoms with Crippen LogP contribution in [0.1, 0.15) is 19.4 Å². The Labute approximate surface area is 180 Å². The molecule has 7 heteroatoms. The number of likely N-dealkylation sites (N-methyl/N-ethyl adjacent to an activating group) is 1. The van der Waals surface area contributed by atoms with E-state index in [1.54, 1.807) is 13.0 Å². The zero-order chi connectivity index (χ0) is 22.1. The average Bonchev–Trinajstić information content (AvgIpc) is 2.69. The Bertz CT molecular complexity index is 990. The molecule has 1 N–H and O–H groups in total. The monoisotopic (exact) mass is 432 g/mol. The maximum Gasteiger partial charge on any atom is 0.247 e. The van der Waals surface area contributed by atoms with Crippen LogP contribution in [-0.2, 0) is 10.0 Å². The van der Waals surface area contributed by atoms with Crippen LogP contribution < -0.4 is 4.74 Å². The second-order valence-corrected chi connectivity index (χ2v) is 10.3. The molecule has 0 aromatic heterocycles. The molecule has 0 spiro atoms. The van der Waals surface area contributed by atoms with Gasteiger partial charge in [-0.15, -0.1) is 0 Å². The van der Waals surface area contributed by atoms with Crippen molar-refractivity contribution in [3.8, 4) is 16.9 Å². The van der Waals surface area contributed by atoms with Gasteiger partial charge in [-0.1, -0.05) is 37.3 Å². The highest BCUT2D eigenvalue weighted by Gasteiger charge is 2.38. The van der Waals surface area contributed by atoms with Crippen LogP contribution in [0.5, 0.6) is 5.75 Å². The highest BCUT2D eigenvalue weighted by atomic mass is 32.2. The normalized spacial score (nSPS) is 22.6. The summed E-state index contributed by atoms with van der Waals surface area (Å²) in [5.74, 6) is 0.315. The van der Waals surface area contributed by atoms with Gasteiger partial charge >= 0.3 is 0 Å². The molecule has 2 aromatic carbocycles. The van der Waals surface area contributed by atoms with Crippen molar-refractivity contribution in [3.63, 3.8) is 0 Å². The van der Waals surface area contributed by atoms with E-state index in [1.807, 2.05) is 69.2 Å². The summed E-state index contributed by atoms with van der Waals surface area (Å²) in [6.45, 7) is 6.48. The molecule has 1 aliphatic rings. The molecule has 1 aliphatic heterocycles. The van der Waals surface area contributed by atoms with E-state index in [2.05, 4.69) is 0 Å². The van der Waals surface area contributed by atoms with Gasteiger partial charge in [0.15, 0.2) is 0 Å². The average molecular weight is 433 g/mol. The van der Waals surface area contributed by atoms with E-state index in [-0.39, 0.29) is 23.5 Å². The van der Waals surface area contributed by atoms with Crippen LogP contribution in [0, 0.1) is 12.8 Å². The molecule has 0 bridgehead atoms. The third kappa shape index (κ3) is 4.54. The van der Waals surface area contributed by atoms with Crippen molar-refractivity contribution in [2.24, 2.45) is 5.92 Å². The van der Waals surface area contributed by atoms with Gasteiger partial charge in [-0.3, -0.25) is 0 Å². The Morgan fingerprint density at radius 1 is 1.23 bits per heavy atom. The second kappa shape index (κ2) is 9.06. The van der Waals surface area contributed by atoms with E-state index in [0.29, 0.717) is 18.8 Å². The third-order valence-corrected chi connectivity index (χ3v) is 7.69. The standard InChI is InChI=1S/C23H32N2O4S/c1-16-8-6-7-9-20(16)19-10-11-23-21(12-19)29-22(14-24(4)5)17(2)13-25(18(3)15-26)30(23,27)28/h6-12,17-18,22,26H,13-15H2,1-5H3/t17-,18-,22-/m0/s1. The lowest BCUT2D eigenvalue weighted by molar-refractivity contribution is 0.0813. The fraction of sp³-hybridized carbons (Fsp3) is 0.478. The van der Waals surface area contributed by atoms with Crippen LogP contribution in [0.25, 0.3) is 11.1 Å². The number of fused-ring (bicyclic) bond motifs is 1. The highest BCUT2D eigenvalue weighted by molar-refractivity contribution is 7.89. The maximum absolute atomic E-state index is 13.5. The Balaban J connectivity index is 2.17. The predicted octanol–water partition coefficient (Wildman–Crippen LogP) is 2.99. The van der Waals surface area contributed by atoms with Crippen LogP contribution in [0.4, 0.5) is 0 Å². The predicted molar refractivity (Wildman–Crippen MR) is 119 cm³/mol. The smallest absolute Gasteiger partial charge is 0.247 e. The van der Waals surface area contributed by atoms with Gasteiger partial charge in [0.2, 0.25) is 10.0 Å². The summed E-state index contributed by atoms with van der Waals surface area (Å²) in [6, 6.07) is 12.8. The Morgan fingerprint density at radius 3 is 2.57 bits per heavy atom. The lowest BCUT2D eigenvalue weighted by Gasteiger charge is -2.37. The molecule has 0 radical (unpaired) electrons. The summed E-state index contributed by atoms with van der Waals surface area (Å²) >= 11 is 0. The number of ether oxygens (including phenoxy) is 1. The molecule has 0 saturated heterocycles. The zero-order valence-corrected chi connectivity index (χ0v) is 19.2. The van der Waals surface area contributed by atoms with Crippen molar-refractivity contribution in [2.75, 3.05) is 33.8 Å². The van der Waals surface area contributed by atoms with Gasteiger partial charge in [0.05, 0.1) is 6.61 Å². The summed E-state index contributed by atoms with van der Waals surface area (Å²) < 4.78 is 34.7. The van der Waals surface area contributed by atoms with E-state index in [0.717, 1.165) is 16.7 Å². The first-order valence-corrected chi connectivity index (χ1v) is 11.7. The van der Waals surface area contributed by atoms with Crippen LogP contribution in [0.2, 0.25) is 0 Å². The molecule has 0 fully saturated rings. The number of aliphatic hydroxyl groups excluding tert-OH is 1. The van der Waals surface area contributed by atoms with Gasteiger partial charge in [-0.25, -0.2) is 8.42 Å². The van der Waals surface area contributed by atoms with Crippen molar-refractivity contribution >= 4 is 10.0 Å². The fourth-order valence-electron chi connectivity index (χ4n) is 3.87. The number of hydrogen-bond acceptors (Lipinski definition) is 5. The molecule has 1 heterocycles. The lowest BCUT2D eigenvalue weighted by atomic mass is 10.00. The largest absolute Gasteiger partial charge is 0.487 e. The van der Waals surface area contributed by atoms with Crippen molar-refractivity contribution in [1.82, 2.24) is 9.21 Å². The third-order valence-electron chi connectivity index (χ3n) is 5.67. The molecular formula is C23H32N2O4S. The van der Waals surface area contributed by atoms with E-state index >= 15 is 0 Å². The van der Waals surface area contributed by atoms with Gasteiger partial charge in [-0.05, 0) is 56.8 Å². The number of aryl methyl sites for hydroxylation is 1. The molecule has 0 aliphatic carbocycles. The summed E-state index contributed by atoms with van der Waals surface area (Å²) in [7, 11) is 0.140.